The molecule has 0 saturated heterocycles. The maximum absolute atomic E-state index is 10.2. The van der Waals surface area contributed by atoms with E-state index in [0.29, 0.717) is 16.7 Å². The van der Waals surface area contributed by atoms with Crippen LogP contribution in [-0.4, -0.2) is 11.2 Å². The lowest BCUT2D eigenvalue weighted by Crippen LogP contribution is -2.53. The van der Waals surface area contributed by atoms with Gasteiger partial charge in [-0.25, -0.2) is 0 Å². The average molecular weight is 343 g/mol. The summed E-state index contributed by atoms with van der Waals surface area (Å²) in [5, 5.41) is 10.2. The fourth-order valence-corrected chi connectivity index (χ4v) is 8.26. The second kappa shape index (κ2) is 5.62. The van der Waals surface area contributed by atoms with Gasteiger partial charge in [0.15, 0.2) is 0 Å². The monoisotopic (exact) mass is 342 g/mol. The molecule has 4 aliphatic rings. The zero-order chi connectivity index (χ0) is 17.2. The fraction of sp³-hybridized carbons (Fsp3) is 0.826. The summed E-state index contributed by atoms with van der Waals surface area (Å²) in [7, 11) is 0. The number of rotatable bonds is 1. The molecule has 0 aromatic carbocycles. The molecule has 2 heteroatoms. The summed E-state index contributed by atoms with van der Waals surface area (Å²) >= 11 is 0. The smallest absolute Gasteiger partial charge is 0.0937 e. The molecule has 1 aromatic rings. The molecule has 5 rings (SSSR count). The number of aliphatic hydroxyl groups is 1. The molecule has 2 nitrogen and oxygen atoms in total. The first-order chi connectivity index (χ1) is 12.0. The van der Waals surface area contributed by atoms with Crippen molar-refractivity contribution in [1.29, 1.82) is 0 Å². The quantitative estimate of drug-likeness (QED) is 0.703. The lowest BCUT2D eigenvalue weighted by atomic mass is 9.44. The highest BCUT2D eigenvalue weighted by molar-refractivity contribution is 5.22. The number of hydrogen-bond acceptors (Lipinski definition) is 2. The van der Waals surface area contributed by atoms with Gasteiger partial charge in [0.05, 0.1) is 18.6 Å². The number of hydrogen-bond donors (Lipinski definition) is 1. The Morgan fingerprint density at radius 1 is 0.960 bits per heavy atom. The first kappa shape index (κ1) is 16.4. The van der Waals surface area contributed by atoms with Crippen molar-refractivity contribution in [3.8, 4) is 0 Å². The highest BCUT2D eigenvalue weighted by Gasteiger charge is 2.60. The van der Waals surface area contributed by atoms with Gasteiger partial charge in [-0.2, -0.15) is 0 Å². The van der Waals surface area contributed by atoms with Crippen LogP contribution in [0.4, 0.5) is 0 Å². The second-order valence-electron chi connectivity index (χ2n) is 10.3. The van der Waals surface area contributed by atoms with Crippen LogP contribution in [0.3, 0.4) is 0 Å². The van der Waals surface area contributed by atoms with Crippen molar-refractivity contribution in [1.82, 2.24) is 0 Å². The average Bonchev–Trinajstić information content (AvgIpc) is 3.22. The van der Waals surface area contributed by atoms with E-state index < -0.39 is 0 Å². The first-order valence-corrected chi connectivity index (χ1v) is 10.7. The molecule has 0 amide bonds. The van der Waals surface area contributed by atoms with E-state index in [9.17, 15) is 5.11 Å². The standard InChI is InChI=1S/C23H34O2/c1-22-10-7-17(24)13-16(22)3-4-18-20-6-5-19(15-9-12-25-14-15)23(20,2)11-8-21(18)22/h9,12,14,16-21,24H,3-8,10-11,13H2,1-2H3/t16-,17-,18-,19+,20-,21-,22-,23+/m0/s1. The van der Waals surface area contributed by atoms with Crippen LogP contribution in [0.25, 0.3) is 0 Å². The molecule has 138 valence electrons. The van der Waals surface area contributed by atoms with Crippen LogP contribution in [0.15, 0.2) is 23.0 Å². The molecule has 0 spiro atoms. The van der Waals surface area contributed by atoms with Crippen molar-refractivity contribution in [2.24, 2.45) is 34.5 Å². The van der Waals surface area contributed by atoms with Gasteiger partial charge in [-0.1, -0.05) is 13.8 Å². The van der Waals surface area contributed by atoms with Crippen LogP contribution in [0.1, 0.15) is 83.1 Å². The number of aliphatic hydroxyl groups excluding tert-OH is 1. The molecule has 4 fully saturated rings. The van der Waals surface area contributed by atoms with Gasteiger partial charge in [-0.15, -0.1) is 0 Å². The summed E-state index contributed by atoms with van der Waals surface area (Å²) in [6.07, 6.45) is 15.5. The summed E-state index contributed by atoms with van der Waals surface area (Å²) in [5.41, 5.74) is 2.42. The van der Waals surface area contributed by atoms with Crippen LogP contribution in [0, 0.1) is 34.5 Å². The maximum Gasteiger partial charge on any atom is 0.0937 e. The van der Waals surface area contributed by atoms with Crippen LogP contribution < -0.4 is 0 Å². The zero-order valence-corrected chi connectivity index (χ0v) is 15.9. The summed E-state index contributed by atoms with van der Waals surface area (Å²) in [5.74, 6) is 4.20. The molecule has 1 aromatic heterocycles. The normalized spacial score (nSPS) is 52.3. The Morgan fingerprint density at radius 2 is 1.76 bits per heavy atom. The molecule has 4 aliphatic carbocycles. The summed E-state index contributed by atoms with van der Waals surface area (Å²) in [4.78, 5) is 0. The topological polar surface area (TPSA) is 33.4 Å². The van der Waals surface area contributed by atoms with Gasteiger partial charge < -0.3 is 9.52 Å². The van der Waals surface area contributed by atoms with E-state index in [1.54, 1.807) is 0 Å². The molecule has 25 heavy (non-hydrogen) atoms. The number of furan rings is 1. The lowest BCUT2D eigenvalue weighted by molar-refractivity contribution is -0.122. The molecule has 8 atom stereocenters. The van der Waals surface area contributed by atoms with Crippen LogP contribution in [0.2, 0.25) is 0 Å². The molecular formula is C23H34O2. The fourth-order valence-electron chi connectivity index (χ4n) is 8.26. The molecule has 1 heterocycles. The molecular weight excluding hydrogens is 308 g/mol. The second-order valence-corrected chi connectivity index (χ2v) is 10.3. The minimum absolute atomic E-state index is 0.0274. The minimum atomic E-state index is -0.0274. The maximum atomic E-state index is 10.2. The van der Waals surface area contributed by atoms with E-state index in [-0.39, 0.29) is 6.10 Å². The molecule has 0 unspecified atom stereocenters. The Labute approximate surface area is 152 Å². The summed E-state index contributed by atoms with van der Waals surface area (Å²) < 4.78 is 5.43. The summed E-state index contributed by atoms with van der Waals surface area (Å²) in [6.45, 7) is 5.18. The predicted octanol–water partition coefficient (Wildman–Crippen LogP) is 5.77. The third-order valence-electron chi connectivity index (χ3n) is 9.58. The molecule has 0 radical (unpaired) electrons. The molecule has 1 N–H and O–H groups in total. The van der Waals surface area contributed by atoms with Crippen molar-refractivity contribution in [2.45, 2.75) is 83.7 Å². The van der Waals surface area contributed by atoms with E-state index in [2.05, 4.69) is 19.9 Å². The Balaban J connectivity index is 1.44. The van der Waals surface area contributed by atoms with Crippen molar-refractivity contribution >= 4 is 0 Å². The van der Waals surface area contributed by atoms with E-state index in [1.165, 1.54) is 50.5 Å². The largest absolute Gasteiger partial charge is 0.472 e. The Hall–Kier alpha value is -0.760. The van der Waals surface area contributed by atoms with Gasteiger partial charge in [0.2, 0.25) is 0 Å². The van der Waals surface area contributed by atoms with Gasteiger partial charge >= 0.3 is 0 Å². The van der Waals surface area contributed by atoms with Crippen LogP contribution in [-0.2, 0) is 0 Å². The third-order valence-corrected chi connectivity index (χ3v) is 9.58. The van der Waals surface area contributed by atoms with Crippen molar-refractivity contribution in [2.75, 3.05) is 0 Å². The summed E-state index contributed by atoms with van der Waals surface area (Å²) in [6, 6.07) is 2.21. The van der Waals surface area contributed by atoms with Gasteiger partial charge in [0.25, 0.3) is 0 Å². The van der Waals surface area contributed by atoms with Crippen molar-refractivity contribution < 1.29 is 9.52 Å². The first-order valence-electron chi connectivity index (χ1n) is 10.7. The van der Waals surface area contributed by atoms with Crippen LogP contribution >= 0.6 is 0 Å². The SMILES string of the molecule is C[C@]12CC[C@H](O)C[C@@H]1CC[C@@H]1[C@@H]2CC[C@]2(C)[C@@H](c3ccoc3)CC[C@@H]12. The predicted molar refractivity (Wildman–Crippen MR) is 99.2 cm³/mol. The highest BCUT2D eigenvalue weighted by atomic mass is 16.3. The molecule has 0 aliphatic heterocycles. The van der Waals surface area contributed by atoms with E-state index in [1.807, 2.05) is 12.5 Å². The Kier molecular flexibility index (Phi) is 3.69. The van der Waals surface area contributed by atoms with Crippen molar-refractivity contribution in [3.05, 3.63) is 24.2 Å². The number of fused-ring (bicyclic) bond motifs is 5. The van der Waals surface area contributed by atoms with E-state index in [0.717, 1.165) is 36.5 Å². The van der Waals surface area contributed by atoms with Gasteiger partial charge in [-0.3, -0.25) is 0 Å². The highest BCUT2D eigenvalue weighted by Crippen LogP contribution is 2.68. The van der Waals surface area contributed by atoms with E-state index >= 15 is 0 Å². The van der Waals surface area contributed by atoms with Crippen LogP contribution in [0.5, 0.6) is 0 Å². The molecule has 0 bridgehead atoms. The zero-order valence-electron chi connectivity index (χ0n) is 15.9. The third kappa shape index (κ3) is 2.25. The van der Waals surface area contributed by atoms with Gasteiger partial charge in [-0.05, 0) is 110 Å². The molecule has 4 saturated carbocycles. The minimum Gasteiger partial charge on any atom is -0.472 e. The Bertz CT molecular complexity index is 622. The van der Waals surface area contributed by atoms with Gasteiger partial charge in [0, 0.05) is 0 Å². The van der Waals surface area contributed by atoms with E-state index in [4.69, 9.17) is 4.42 Å². The van der Waals surface area contributed by atoms with Crippen molar-refractivity contribution in [3.63, 3.8) is 0 Å². The van der Waals surface area contributed by atoms with Gasteiger partial charge in [0.1, 0.15) is 0 Å². The lowest BCUT2D eigenvalue weighted by Gasteiger charge is -2.61. The Morgan fingerprint density at radius 3 is 2.56 bits per heavy atom.